The zero-order valence-corrected chi connectivity index (χ0v) is 23.5. The minimum Gasteiger partial charge on any atom is -0.493 e. The number of nitrogens with one attached hydrogen (secondary N) is 2. The van der Waals surface area contributed by atoms with Gasteiger partial charge in [0, 0.05) is 19.3 Å². The zero-order chi connectivity index (χ0) is 27.4. The summed E-state index contributed by atoms with van der Waals surface area (Å²) in [5, 5.41) is 7.95. The molecule has 0 bridgehead atoms. The van der Waals surface area contributed by atoms with Crippen LogP contribution in [0.15, 0.2) is 30.5 Å². The van der Waals surface area contributed by atoms with Crippen LogP contribution in [0.3, 0.4) is 0 Å². The predicted molar refractivity (Wildman–Crippen MR) is 151 cm³/mol. The Morgan fingerprint density at radius 1 is 1.29 bits per heavy atom. The normalized spacial score (nSPS) is 18.3. The van der Waals surface area contributed by atoms with E-state index in [1.807, 2.05) is 18.0 Å². The molecule has 0 unspecified atom stereocenters. The van der Waals surface area contributed by atoms with Gasteiger partial charge in [0.15, 0.2) is 11.6 Å². The topological polar surface area (TPSA) is 49.4 Å². The molecule has 1 saturated heterocycles. The second-order valence-corrected chi connectivity index (χ2v) is 12.8. The molecule has 204 valence electrons. The Morgan fingerprint density at radius 3 is 2.76 bits per heavy atom. The minimum absolute atomic E-state index is 0.146. The number of thiophene rings is 1. The molecule has 11 heteroatoms. The summed E-state index contributed by atoms with van der Waals surface area (Å²) in [5.74, 6) is 7.00. The average molecular weight is 567 g/mol. The molecule has 0 radical (unpaired) electrons. The van der Waals surface area contributed by atoms with Gasteiger partial charge in [-0.05, 0) is 55.2 Å². The molecule has 0 amide bonds. The van der Waals surface area contributed by atoms with Gasteiger partial charge in [-0.3, -0.25) is 0 Å². The summed E-state index contributed by atoms with van der Waals surface area (Å²) in [7, 11) is 3.11. The SMILES string of the molecule is COc1cc(P(C)C)cnc1NCC#Cc1sc2c(N[C@@H]3CCN(C)C[C@@H]3F)cccc2c1CC(F)(F)F. The van der Waals surface area contributed by atoms with Crippen molar-refractivity contribution in [3.8, 4) is 17.6 Å². The smallest absolute Gasteiger partial charge is 0.393 e. The van der Waals surface area contributed by atoms with E-state index in [4.69, 9.17) is 4.74 Å². The van der Waals surface area contributed by atoms with Gasteiger partial charge in [0.25, 0.3) is 0 Å². The molecule has 4 rings (SSSR count). The lowest BCUT2D eigenvalue weighted by Crippen LogP contribution is -2.46. The van der Waals surface area contributed by atoms with Crippen LogP contribution in [-0.2, 0) is 6.42 Å². The number of hydrogen-bond acceptors (Lipinski definition) is 6. The molecule has 0 saturated carbocycles. The molecule has 0 spiro atoms. The number of methoxy groups -OCH3 is 1. The number of halogens is 4. The molecule has 38 heavy (non-hydrogen) atoms. The number of anilines is 2. The first kappa shape index (κ1) is 28.4. The maximum absolute atomic E-state index is 14.7. The molecule has 0 aliphatic carbocycles. The van der Waals surface area contributed by atoms with Gasteiger partial charge in [0.1, 0.15) is 6.17 Å². The molecular formula is C27H31F4N4OPS. The quantitative estimate of drug-likeness (QED) is 0.219. The van der Waals surface area contributed by atoms with Crippen LogP contribution in [-0.4, -0.2) is 75.4 Å². The summed E-state index contributed by atoms with van der Waals surface area (Å²) in [6, 6.07) is 6.71. The second-order valence-electron chi connectivity index (χ2n) is 9.50. The van der Waals surface area contributed by atoms with Gasteiger partial charge in [0.2, 0.25) is 0 Å². The number of alkyl halides is 4. The molecule has 1 aliphatic rings. The summed E-state index contributed by atoms with van der Waals surface area (Å²) < 4.78 is 61.3. The van der Waals surface area contributed by atoms with Crippen molar-refractivity contribution in [1.29, 1.82) is 0 Å². The average Bonchev–Trinajstić information content (AvgIpc) is 3.20. The number of pyridine rings is 1. The van der Waals surface area contributed by atoms with Crippen LogP contribution >= 0.6 is 19.3 Å². The van der Waals surface area contributed by atoms with Crippen LogP contribution in [0, 0.1) is 11.8 Å². The van der Waals surface area contributed by atoms with Gasteiger partial charge < -0.3 is 20.3 Å². The van der Waals surface area contributed by atoms with E-state index in [0.717, 1.165) is 11.8 Å². The first-order valence-electron chi connectivity index (χ1n) is 12.2. The fourth-order valence-corrected chi connectivity index (χ4v) is 6.23. The summed E-state index contributed by atoms with van der Waals surface area (Å²) in [6.07, 6.45) is -4.13. The fraction of sp³-hybridized carbons (Fsp3) is 0.444. The largest absolute Gasteiger partial charge is 0.493 e. The third-order valence-electron chi connectivity index (χ3n) is 6.40. The standard InChI is InChI=1S/C27H31F4N4OPS/c1-35-12-10-21(20(28)16-35)34-22-8-5-7-18-19(14-27(29,30)31)24(38-25(18)22)9-6-11-32-26-23(36-2)13-17(15-33-26)37(3)4/h5,7-8,13,15,20-21,34H,10-12,14,16H2,1-4H3,(H,32,33)/t20-,21+/m0/s1. The van der Waals surface area contributed by atoms with E-state index in [2.05, 4.69) is 40.8 Å². The second kappa shape index (κ2) is 12.1. The molecule has 3 heterocycles. The maximum Gasteiger partial charge on any atom is 0.393 e. The number of nitrogens with zero attached hydrogens (tertiary/aromatic N) is 2. The first-order valence-corrected chi connectivity index (χ1v) is 15.3. The molecule has 2 N–H and O–H groups in total. The van der Waals surface area contributed by atoms with E-state index in [1.54, 1.807) is 31.5 Å². The van der Waals surface area contributed by atoms with Crippen molar-refractivity contribution in [3.05, 3.63) is 40.9 Å². The van der Waals surface area contributed by atoms with Crippen molar-refractivity contribution < 1.29 is 22.3 Å². The third-order valence-corrected chi connectivity index (χ3v) is 8.88. The number of hydrogen-bond donors (Lipinski definition) is 2. The highest BCUT2D eigenvalue weighted by molar-refractivity contribution is 7.64. The van der Waals surface area contributed by atoms with E-state index in [-0.39, 0.29) is 20.0 Å². The van der Waals surface area contributed by atoms with Crippen LogP contribution in [0.2, 0.25) is 0 Å². The van der Waals surface area contributed by atoms with Crippen molar-refractivity contribution in [2.75, 3.05) is 57.8 Å². The van der Waals surface area contributed by atoms with E-state index in [1.165, 1.54) is 11.3 Å². The lowest BCUT2D eigenvalue weighted by atomic mass is 10.0. The van der Waals surface area contributed by atoms with Crippen LogP contribution in [0.4, 0.5) is 29.1 Å². The number of likely N-dealkylation sites (tertiary alicyclic amines) is 1. The summed E-state index contributed by atoms with van der Waals surface area (Å²) in [4.78, 5) is 6.70. The van der Waals surface area contributed by atoms with Crippen LogP contribution < -0.4 is 20.7 Å². The van der Waals surface area contributed by atoms with Gasteiger partial charge in [0.05, 0.1) is 41.4 Å². The van der Waals surface area contributed by atoms with Gasteiger partial charge in [-0.2, -0.15) is 13.2 Å². The molecule has 5 nitrogen and oxygen atoms in total. The Bertz CT molecular complexity index is 1330. The Kier molecular flexibility index (Phi) is 9.02. The number of piperidine rings is 1. The Labute approximate surface area is 225 Å². The molecule has 3 aromatic rings. The van der Waals surface area contributed by atoms with Crippen LogP contribution in [0.1, 0.15) is 16.9 Å². The highest BCUT2D eigenvalue weighted by Gasteiger charge is 2.32. The first-order chi connectivity index (χ1) is 18.1. The van der Waals surface area contributed by atoms with Crippen molar-refractivity contribution in [2.45, 2.75) is 31.2 Å². The number of aromatic nitrogens is 1. The highest BCUT2D eigenvalue weighted by Crippen LogP contribution is 2.39. The molecule has 2 aromatic heterocycles. The fourth-order valence-electron chi connectivity index (χ4n) is 4.40. The van der Waals surface area contributed by atoms with E-state index in [0.29, 0.717) is 45.2 Å². The molecule has 1 aromatic carbocycles. The van der Waals surface area contributed by atoms with Crippen molar-refractivity contribution in [1.82, 2.24) is 9.88 Å². The predicted octanol–water partition coefficient (Wildman–Crippen LogP) is 5.69. The third kappa shape index (κ3) is 6.88. The van der Waals surface area contributed by atoms with Crippen LogP contribution in [0.5, 0.6) is 5.75 Å². The Balaban J connectivity index is 1.60. The number of fused-ring (bicyclic) bond motifs is 1. The number of benzene rings is 1. The molecule has 1 fully saturated rings. The summed E-state index contributed by atoms with van der Waals surface area (Å²) >= 11 is 1.21. The van der Waals surface area contributed by atoms with E-state index < -0.39 is 24.8 Å². The molecule has 1 aliphatic heterocycles. The minimum atomic E-state index is -4.39. The van der Waals surface area contributed by atoms with Crippen molar-refractivity contribution in [3.63, 3.8) is 0 Å². The van der Waals surface area contributed by atoms with Gasteiger partial charge in [-0.1, -0.05) is 31.9 Å². The summed E-state index contributed by atoms with van der Waals surface area (Å²) in [6.45, 7) is 5.50. The Morgan fingerprint density at radius 2 is 2.08 bits per heavy atom. The maximum atomic E-state index is 14.7. The zero-order valence-electron chi connectivity index (χ0n) is 21.7. The van der Waals surface area contributed by atoms with Crippen molar-refractivity contribution in [2.24, 2.45) is 0 Å². The highest BCUT2D eigenvalue weighted by atomic mass is 32.1. The molecule has 2 atom stereocenters. The van der Waals surface area contributed by atoms with Gasteiger partial charge in [-0.15, -0.1) is 11.3 Å². The lowest BCUT2D eigenvalue weighted by molar-refractivity contribution is -0.126. The number of ether oxygens (including phenoxy) is 1. The van der Waals surface area contributed by atoms with Crippen molar-refractivity contribution >= 4 is 46.2 Å². The number of rotatable bonds is 7. The van der Waals surface area contributed by atoms with Crippen LogP contribution in [0.25, 0.3) is 10.1 Å². The molecular weight excluding hydrogens is 535 g/mol. The van der Waals surface area contributed by atoms with Gasteiger partial charge in [-0.25, -0.2) is 9.37 Å². The van der Waals surface area contributed by atoms with E-state index >= 15 is 0 Å². The lowest BCUT2D eigenvalue weighted by Gasteiger charge is -2.33. The summed E-state index contributed by atoms with van der Waals surface area (Å²) in [5.41, 5.74) is 0.785. The van der Waals surface area contributed by atoms with E-state index in [9.17, 15) is 17.6 Å². The van der Waals surface area contributed by atoms with Gasteiger partial charge >= 0.3 is 6.18 Å². The monoisotopic (exact) mass is 566 g/mol. The Hall–Kier alpha value is -2.60.